The third-order valence-corrected chi connectivity index (χ3v) is 6.84. The minimum Gasteiger partial charge on any atom is -0.497 e. The second-order valence-corrected chi connectivity index (χ2v) is 9.39. The van der Waals surface area contributed by atoms with Crippen molar-refractivity contribution < 1.29 is 13.9 Å². The summed E-state index contributed by atoms with van der Waals surface area (Å²) < 4.78 is 12.0. The van der Waals surface area contributed by atoms with E-state index in [1.54, 1.807) is 30.2 Å². The number of aryl methyl sites for hydroxylation is 2. The Labute approximate surface area is 189 Å². The van der Waals surface area contributed by atoms with Gasteiger partial charge in [-0.1, -0.05) is 53.4 Å². The van der Waals surface area contributed by atoms with Gasteiger partial charge in [0.25, 0.3) is 5.91 Å². The number of ether oxygens (including phenoxy) is 1. The molecular weight excluding hydrogens is 430 g/mol. The molecule has 2 heterocycles. The number of para-hydroxylation sites is 1. The lowest BCUT2D eigenvalue weighted by atomic mass is 10.1. The number of benzene rings is 2. The molecule has 0 aliphatic carbocycles. The molecule has 0 bridgehead atoms. The fraction of sp³-hybridized carbons (Fsp3) is 0.261. The molecule has 1 amide bonds. The Morgan fingerprint density at radius 2 is 1.97 bits per heavy atom. The SMILES string of the molecule is COc1ccc(CCCNC(=O)c2oc3ccccc3c2CSc2nnc(C)s2)cc1. The first-order chi connectivity index (χ1) is 15.1. The minimum absolute atomic E-state index is 0.185. The molecule has 4 rings (SSSR count). The average molecular weight is 454 g/mol. The van der Waals surface area contributed by atoms with E-state index < -0.39 is 0 Å². The Kier molecular flexibility index (Phi) is 6.89. The molecule has 0 saturated carbocycles. The third kappa shape index (κ3) is 5.26. The van der Waals surface area contributed by atoms with Crippen molar-refractivity contribution in [3.63, 3.8) is 0 Å². The van der Waals surface area contributed by atoms with Crippen molar-refractivity contribution in [2.24, 2.45) is 0 Å². The molecule has 0 radical (unpaired) electrons. The minimum atomic E-state index is -0.185. The first kappa shape index (κ1) is 21.4. The van der Waals surface area contributed by atoms with Crippen molar-refractivity contribution in [2.75, 3.05) is 13.7 Å². The summed E-state index contributed by atoms with van der Waals surface area (Å²) in [6.07, 6.45) is 1.72. The Hall–Kier alpha value is -2.84. The number of fused-ring (bicyclic) bond motifs is 1. The Balaban J connectivity index is 1.40. The Morgan fingerprint density at radius 1 is 1.16 bits per heavy atom. The number of aromatic nitrogens is 2. The lowest BCUT2D eigenvalue weighted by Gasteiger charge is -2.06. The smallest absolute Gasteiger partial charge is 0.287 e. The lowest BCUT2D eigenvalue weighted by Crippen LogP contribution is -2.25. The van der Waals surface area contributed by atoms with Gasteiger partial charge in [-0.2, -0.15) is 0 Å². The third-order valence-electron chi connectivity index (χ3n) is 4.84. The van der Waals surface area contributed by atoms with E-state index in [4.69, 9.17) is 9.15 Å². The van der Waals surface area contributed by atoms with Crippen LogP contribution in [0.15, 0.2) is 57.3 Å². The van der Waals surface area contributed by atoms with Gasteiger partial charge in [-0.05, 0) is 43.5 Å². The molecule has 1 N–H and O–H groups in total. The molecule has 0 aliphatic rings. The number of carbonyl (C=O) groups excluding carboxylic acids is 1. The van der Waals surface area contributed by atoms with E-state index in [-0.39, 0.29) is 5.91 Å². The number of methoxy groups -OCH3 is 1. The molecule has 0 atom stereocenters. The second-order valence-electron chi connectivity index (χ2n) is 6.99. The number of thioether (sulfide) groups is 1. The Bertz CT molecular complexity index is 1170. The molecule has 2 aromatic carbocycles. The summed E-state index contributed by atoms with van der Waals surface area (Å²) in [6, 6.07) is 15.7. The van der Waals surface area contributed by atoms with Gasteiger partial charge < -0.3 is 14.5 Å². The maximum Gasteiger partial charge on any atom is 0.287 e. The number of hydrogen-bond acceptors (Lipinski definition) is 7. The van der Waals surface area contributed by atoms with E-state index in [0.29, 0.717) is 18.1 Å². The standard InChI is InChI=1S/C23H23N3O3S2/c1-15-25-26-23(31-15)30-14-19-18-7-3-4-8-20(18)29-21(19)22(27)24-13-5-6-16-9-11-17(28-2)12-10-16/h3-4,7-12H,5-6,13-14H2,1-2H3,(H,24,27). The number of hydrogen-bond donors (Lipinski definition) is 1. The number of nitrogens with zero attached hydrogens (tertiary/aromatic N) is 2. The van der Waals surface area contributed by atoms with Gasteiger partial charge in [0.15, 0.2) is 10.1 Å². The predicted molar refractivity (Wildman–Crippen MR) is 124 cm³/mol. The molecule has 0 fully saturated rings. The van der Waals surface area contributed by atoms with Crippen LogP contribution in [0.25, 0.3) is 11.0 Å². The zero-order chi connectivity index (χ0) is 21.6. The second kappa shape index (κ2) is 9.98. The van der Waals surface area contributed by atoms with Gasteiger partial charge in [0.1, 0.15) is 16.3 Å². The molecule has 0 unspecified atom stereocenters. The maximum absolute atomic E-state index is 12.9. The number of rotatable bonds is 9. The number of nitrogens with one attached hydrogen (secondary N) is 1. The first-order valence-electron chi connectivity index (χ1n) is 9.98. The summed E-state index contributed by atoms with van der Waals surface area (Å²) in [4.78, 5) is 12.9. The van der Waals surface area contributed by atoms with Crippen molar-refractivity contribution in [1.29, 1.82) is 0 Å². The van der Waals surface area contributed by atoms with E-state index in [9.17, 15) is 4.79 Å². The normalized spacial score (nSPS) is 11.0. The number of furan rings is 1. The monoisotopic (exact) mass is 453 g/mol. The summed E-state index contributed by atoms with van der Waals surface area (Å²) in [5, 5.41) is 13.1. The highest BCUT2D eigenvalue weighted by molar-refractivity contribution is 8.00. The fourth-order valence-corrected chi connectivity index (χ4v) is 5.11. The van der Waals surface area contributed by atoms with Gasteiger partial charge in [0.2, 0.25) is 0 Å². The van der Waals surface area contributed by atoms with Crippen molar-refractivity contribution in [3.05, 3.63) is 70.4 Å². The quantitative estimate of drug-likeness (QED) is 0.275. The van der Waals surface area contributed by atoms with E-state index in [1.165, 1.54) is 5.56 Å². The highest BCUT2D eigenvalue weighted by atomic mass is 32.2. The average Bonchev–Trinajstić information content (AvgIpc) is 3.38. The molecule has 160 valence electrons. The Morgan fingerprint density at radius 3 is 2.71 bits per heavy atom. The molecule has 0 spiro atoms. The molecular formula is C23H23N3O3S2. The molecule has 31 heavy (non-hydrogen) atoms. The van der Waals surface area contributed by atoms with E-state index >= 15 is 0 Å². The molecule has 0 aliphatic heterocycles. The predicted octanol–water partition coefficient (Wildman–Crippen LogP) is 5.26. The largest absolute Gasteiger partial charge is 0.497 e. The van der Waals surface area contributed by atoms with Crippen molar-refractivity contribution >= 4 is 40.0 Å². The summed E-state index contributed by atoms with van der Waals surface area (Å²) >= 11 is 3.12. The van der Waals surface area contributed by atoms with Gasteiger partial charge in [-0.25, -0.2) is 0 Å². The van der Waals surface area contributed by atoms with Crippen LogP contribution in [0.3, 0.4) is 0 Å². The van der Waals surface area contributed by atoms with Gasteiger partial charge in [0, 0.05) is 23.2 Å². The van der Waals surface area contributed by atoms with E-state index in [1.807, 2.05) is 55.5 Å². The number of carbonyl (C=O) groups is 1. The van der Waals surface area contributed by atoms with Crippen LogP contribution in [0.4, 0.5) is 0 Å². The van der Waals surface area contributed by atoms with Crippen LogP contribution in [-0.2, 0) is 12.2 Å². The molecule has 0 saturated heterocycles. The summed E-state index contributed by atoms with van der Waals surface area (Å²) in [5.41, 5.74) is 2.82. The number of amides is 1. The van der Waals surface area contributed by atoms with Crippen LogP contribution in [0.5, 0.6) is 5.75 Å². The molecule has 6 nitrogen and oxygen atoms in total. The molecule has 8 heteroatoms. The van der Waals surface area contributed by atoms with Gasteiger partial charge in [-0.3, -0.25) is 4.79 Å². The van der Waals surface area contributed by atoms with Gasteiger partial charge >= 0.3 is 0 Å². The van der Waals surface area contributed by atoms with Crippen LogP contribution in [-0.4, -0.2) is 29.8 Å². The fourth-order valence-electron chi connectivity index (χ4n) is 3.26. The zero-order valence-electron chi connectivity index (χ0n) is 17.4. The van der Waals surface area contributed by atoms with Crippen LogP contribution < -0.4 is 10.1 Å². The van der Waals surface area contributed by atoms with E-state index in [2.05, 4.69) is 15.5 Å². The highest BCUT2D eigenvalue weighted by Gasteiger charge is 2.20. The zero-order valence-corrected chi connectivity index (χ0v) is 19.0. The molecule has 2 aromatic heterocycles. The topological polar surface area (TPSA) is 77.2 Å². The highest BCUT2D eigenvalue weighted by Crippen LogP contribution is 2.33. The molecule has 4 aromatic rings. The van der Waals surface area contributed by atoms with Crippen LogP contribution >= 0.6 is 23.1 Å². The van der Waals surface area contributed by atoms with Gasteiger partial charge in [0.05, 0.1) is 7.11 Å². The summed E-state index contributed by atoms with van der Waals surface area (Å²) in [6.45, 7) is 2.50. The van der Waals surface area contributed by atoms with Gasteiger partial charge in [-0.15, -0.1) is 10.2 Å². The van der Waals surface area contributed by atoms with Crippen molar-refractivity contribution in [3.8, 4) is 5.75 Å². The van der Waals surface area contributed by atoms with Crippen LogP contribution in [0.2, 0.25) is 0 Å². The van der Waals surface area contributed by atoms with Crippen LogP contribution in [0, 0.1) is 6.92 Å². The first-order valence-corrected chi connectivity index (χ1v) is 11.8. The maximum atomic E-state index is 12.9. The summed E-state index contributed by atoms with van der Waals surface area (Å²) in [7, 11) is 1.66. The lowest BCUT2D eigenvalue weighted by molar-refractivity contribution is 0.0926. The van der Waals surface area contributed by atoms with Crippen LogP contribution in [0.1, 0.15) is 33.1 Å². The van der Waals surface area contributed by atoms with E-state index in [0.717, 1.165) is 44.5 Å². The van der Waals surface area contributed by atoms with Crippen molar-refractivity contribution in [1.82, 2.24) is 15.5 Å². The van der Waals surface area contributed by atoms with Crippen molar-refractivity contribution in [2.45, 2.75) is 29.9 Å². The summed E-state index contributed by atoms with van der Waals surface area (Å²) in [5.74, 6) is 1.63.